The van der Waals surface area contributed by atoms with Crippen LogP contribution in [0.15, 0.2) is 29.2 Å². The van der Waals surface area contributed by atoms with Gasteiger partial charge in [0.2, 0.25) is 10.0 Å². The topological polar surface area (TPSA) is 61.4 Å². The molecule has 1 saturated heterocycles. The molecule has 23 heavy (non-hydrogen) atoms. The zero-order valence-electron chi connectivity index (χ0n) is 13.9. The largest absolute Gasteiger partial charge is 0.363 e. The molecule has 2 N–H and O–H groups in total. The lowest BCUT2D eigenvalue weighted by Gasteiger charge is -2.37. The molecule has 0 saturated carbocycles. The lowest BCUT2D eigenvalue weighted by molar-refractivity contribution is 0.204. The van der Waals surface area contributed by atoms with Crippen molar-refractivity contribution in [2.75, 3.05) is 11.9 Å². The molecule has 1 aliphatic heterocycles. The summed E-state index contributed by atoms with van der Waals surface area (Å²) < 4.78 is 27.5. The van der Waals surface area contributed by atoms with Gasteiger partial charge in [0.25, 0.3) is 0 Å². The second-order valence-corrected chi connectivity index (χ2v) is 8.22. The van der Waals surface area contributed by atoms with Crippen LogP contribution < -0.4 is 10.6 Å². The molecule has 1 aromatic rings. The number of anilines is 1. The van der Waals surface area contributed by atoms with Crippen LogP contribution in [0.2, 0.25) is 0 Å². The van der Waals surface area contributed by atoms with Crippen LogP contribution in [0.5, 0.6) is 0 Å². The Hall–Kier alpha value is -1.18. The Balaban J connectivity index is 2.18. The van der Waals surface area contributed by atoms with Crippen molar-refractivity contribution in [1.82, 2.24) is 9.62 Å². The number of sulfonamides is 1. The van der Waals surface area contributed by atoms with E-state index in [1.807, 2.05) is 20.8 Å². The first-order chi connectivity index (χ1) is 10.9. The average Bonchev–Trinajstić information content (AvgIpc) is 2.47. The molecule has 0 amide bonds. The van der Waals surface area contributed by atoms with Crippen molar-refractivity contribution < 1.29 is 8.42 Å². The molecular formula is C16H25N3O2S2. The Labute approximate surface area is 144 Å². The van der Waals surface area contributed by atoms with Gasteiger partial charge in [0.05, 0.1) is 4.90 Å². The van der Waals surface area contributed by atoms with Crippen LogP contribution in [-0.2, 0) is 10.0 Å². The second kappa shape index (κ2) is 7.59. The van der Waals surface area contributed by atoms with E-state index < -0.39 is 10.0 Å². The summed E-state index contributed by atoms with van der Waals surface area (Å²) >= 11 is 5.13. The second-order valence-electron chi connectivity index (χ2n) is 5.97. The third kappa shape index (κ3) is 4.22. The molecule has 0 spiro atoms. The highest BCUT2D eigenvalue weighted by atomic mass is 32.2. The number of hydrogen-bond acceptors (Lipinski definition) is 3. The summed E-state index contributed by atoms with van der Waals surface area (Å²) in [4.78, 5) is 0.331. The Morgan fingerprint density at radius 2 is 1.78 bits per heavy atom. The molecule has 0 bridgehead atoms. The van der Waals surface area contributed by atoms with Gasteiger partial charge in [-0.25, -0.2) is 8.42 Å². The first kappa shape index (κ1) is 18.2. The van der Waals surface area contributed by atoms with Crippen molar-refractivity contribution in [2.45, 2.75) is 57.0 Å². The summed E-state index contributed by atoms with van der Waals surface area (Å²) in [6.07, 6.45) is 2.92. The maximum absolute atomic E-state index is 12.9. The summed E-state index contributed by atoms with van der Waals surface area (Å²) in [5.74, 6) is 0. The van der Waals surface area contributed by atoms with Gasteiger partial charge < -0.3 is 10.6 Å². The Morgan fingerprint density at radius 3 is 2.30 bits per heavy atom. The van der Waals surface area contributed by atoms with Crippen LogP contribution in [0.25, 0.3) is 0 Å². The van der Waals surface area contributed by atoms with Gasteiger partial charge in [0, 0.05) is 24.3 Å². The number of rotatable bonds is 4. The number of nitrogens with zero attached hydrogens (tertiary/aromatic N) is 1. The van der Waals surface area contributed by atoms with Gasteiger partial charge in [-0.1, -0.05) is 6.42 Å². The number of thiocarbonyl (C=S) groups is 1. The van der Waals surface area contributed by atoms with Gasteiger partial charge in [-0.3, -0.25) is 0 Å². The monoisotopic (exact) mass is 355 g/mol. The zero-order chi connectivity index (χ0) is 17.0. The fourth-order valence-corrected chi connectivity index (χ4v) is 5.18. The van der Waals surface area contributed by atoms with E-state index in [4.69, 9.17) is 12.2 Å². The molecule has 128 valence electrons. The number of nitrogens with one attached hydrogen (secondary N) is 2. The van der Waals surface area contributed by atoms with E-state index in [1.54, 1.807) is 28.6 Å². The maximum Gasteiger partial charge on any atom is 0.243 e. The first-order valence-electron chi connectivity index (χ1n) is 8.04. The van der Waals surface area contributed by atoms with Crippen LogP contribution in [0, 0.1) is 0 Å². The number of benzene rings is 1. The van der Waals surface area contributed by atoms with Crippen molar-refractivity contribution in [2.24, 2.45) is 0 Å². The number of hydrogen-bond donors (Lipinski definition) is 2. The van der Waals surface area contributed by atoms with Crippen LogP contribution in [0.4, 0.5) is 5.69 Å². The Bertz CT molecular complexity index is 634. The smallest absolute Gasteiger partial charge is 0.243 e. The van der Waals surface area contributed by atoms with E-state index >= 15 is 0 Å². The molecule has 5 nitrogen and oxygen atoms in total. The quantitative estimate of drug-likeness (QED) is 0.813. The third-order valence-electron chi connectivity index (χ3n) is 4.14. The fraction of sp³-hybridized carbons (Fsp3) is 0.562. The third-order valence-corrected chi connectivity index (χ3v) is 6.53. The molecule has 7 heteroatoms. The van der Waals surface area contributed by atoms with Crippen LogP contribution in [0.3, 0.4) is 0 Å². The van der Waals surface area contributed by atoms with Crippen LogP contribution in [0.1, 0.15) is 40.0 Å². The van der Waals surface area contributed by atoms with Gasteiger partial charge in [0.1, 0.15) is 0 Å². The van der Waals surface area contributed by atoms with Gasteiger partial charge in [0.15, 0.2) is 5.11 Å². The maximum atomic E-state index is 12.9. The summed E-state index contributed by atoms with van der Waals surface area (Å²) in [5, 5.41) is 6.56. The van der Waals surface area contributed by atoms with E-state index in [0.717, 1.165) is 31.5 Å². The van der Waals surface area contributed by atoms with Crippen molar-refractivity contribution in [3.8, 4) is 0 Å². The van der Waals surface area contributed by atoms with Crippen LogP contribution >= 0.6 is 12.2 Å². The van der Waals surface area contributed by atoms with Crippen molar-refractivity contribution >= 4 is 33.0 Å². The molecular weight excluding hydrogens is 330 g/mol. The molecule has 1 fully saturated rings. The lowest BCUT2D eigenvalue weighted by atomic mass is 10.0. The molecule has 0 aromatic heterocycles. The van der Waals surface area contributed by atoms with Crippen molar-refractivity contribution in [3.05, 3.63) is 24.3 Å². The van der Waals surface area contributed by atoms with Crippen LogP contribution in [-0.4, -0.2) is 36.5 Å². The highest BCUT2D eigenvalue weighted by Crippen LogP contribution is 2.29. The highest BCUT2D eigenvalue weighted by molar-refractivity contribution is 7.89. The Kier molecular flexibility index (Phi) is 6.00. The van der Waals surface area contributed by atoms with Gasteiger partial charge in [-0.2, -0.15) is 4.31 Å². The molecule has 0 unspecified atom stereocenters. The van der Waals surface area contributed by atoms with Crippen molar-refractivity contribution in [1.29, 1.82) is 0 Å². The normalized spacial score (nSPS) is 22.6. The summed E-state index contributed by atoms with van der Waals surface area (Å²) in [6.45, 7) is 6.67. The molecule has 2 rings (SSSR count). The average molecular weight is 356 g/mol. The van der Waals surface area contributed by atoms with E-state index in [1.165, 1.54) is 0 Å². The van der Waals surface area contributed by atoms with Gasteiger partial charge >= 0.3 is 0 Å². The minimum absolute atomic E-state index is 0.0443. The lowest BCUT2D eigenvalue weighted by Crippen LogP contribution is -2.47. The predicted octanol–water partition coefficient (Wildman–Crippen LogP) is 2.94. The molecule has 2 atom stereocenters. The zero-order valence-corrected chi connectivity index (χ0v) is 15.5. The van der Waals surface area contributed by atoms with Crippen molar-refractivity contribution in [3.63, 3.8) is 0 Å². The highest BCUT2D eigenvalue weighted by Gasteiger charge is 2.35. The molecule has 1 heterocycles. The fourth-order valence-electron chi connectivity index (χ4n) is 3.04. The summed E-state index contributed by atoms with van der Waals surface area (Å²) in [7, 11) is -3.46. The van der Waals surface area contributed by atoms with Gasteiger partial charge in [-0.05, 0) is 70.1 Å². The minimum Gasteiger partial charge on any atom is -0.363 e. The molecule has 0 aliphatic carbocycles. The summed E-state index contributed by atoms with van der Waals surface area (Å²) in [5.41, 5.74) is 0.773. The van der Waals surface area contributed by atoms with E-state index in [9.17, 15) is 8.42 Å². The van der Waals surface area contributed by atoms with E-state index in [-0.39, 0.29) is 12.1 Å². The van der Waals surface area contributed by atoms with E-state index in [0.29, 0.717) is 10.0 Å². The molecule has 0 radical (unpaired) electrons. The number of piperidine rings is 1. The van der Waals surface area contributed by atoms with Gasteiger partial charge in [-0.15, -0.1) is 0 Å². The van der Waals surface area contributed by atoms with E-state index in [2.05, 4.69) is 10.6 Å². The predicted molar refractivity (Wildman–Crippen MR) is 98.1 cm³/mol. The SMILES string of the molecule is CCNC(=S)Nc1ccc(S(=O)(=O)N2[C@@H](C)CCC[C@@H]2C)cc1. The molecule has 1 aromatic carbocycles. The molecule has 1 aliphatic rings. The first-order valence-corrected chi connectivity index (χ1v) is 9.89. The Morgan fingerprint density at radius 1 is 1.22 bits per heavy atom. The summed E-state index contributed by atoms with van der Waals surface area (Å²) in [6, 6.07) is 6.86. The standard InChI is InChI=1S/C16H25N3O2S2/c1-4-17-16(22)18-14-8-10-15(11-9-14)23(20,21)19-12(2)6-5-7-13(19)3/h8-13H,4-7H2,1-3H3,(H2,17,18,22)/t12-,13-/m0/s1. The minimum atomic E-state index is -3.46.